The second-order valence-electron chi connectivity index (χ2n) is 8.46. The molecular weight excluding hydrogens is 324 g/mol. The molecule has 1 nitrogen and oxygen atoms in total. The van der Waals surface area contributed by atoms with Gasteiger partial charge in [-0.05, 0) is 80.5 Å². The van der Waals surface area contributed by atoms with Crippen LogP contribution >= 0.6 is 15.9 Å². The molecule has 0 unspecified atom stereocenters. The third kappa shape index (κ3) is 3.93. The van der Waals surface area contributed by atoms with Gasteiger partial charge in [0.15, 0.2) is 0 Å². The standard InChI is InChI=1S/C19H33BrO/c1-14(7-5-11-18(2,3)21)16-9-10-17-15(13-20)8-6-12-19(16,17)4/h13-14,16-17,21H,5-12H2,1-4H3/b15-13-/t14-,16-,17+,19-/m1/s1. The maximum absolute atomic E-state index is 9.89. The van der Waals surface area contributed by atoms with Crippen LogP contribution in [0.15, 0.2) is 10.6 Å². The first-order valence-electron chi connectivity index (χ1n) is 8.79. The minimum Gasteiger partial charge on any atom is -0.390 e. The Morgan fingerprint density at radius 1 is 1.43 bits per heavy atom. The molecule has 2 heteroatoms. The molecule has 21 heavy (non-hydrogen) atoms. The summed E-state index contributed by atoms with van der Waals surface area (Å²) in [6, 6.07) is 0. The van der Waals surface area contributed by atoms with E-state index in [-0.39, 0.29) is 0 Å². The van der Waals surface area contributed by atoms with Crippen LogP contribution in [0, 0.1) is 23.2 Å². The van der Waals surface area contributed by atoms with Crippen LogP contribution in [-0.4, -0.2) is 10.7 Å². The summed E-state index contributed by atoms with van der Waals surface area (Å²) in [6.07, 6.45) is 10.2. The van der Waals surface area contributed by atoms with Crippen molar-refractivity contribution < 1.29 is 5.11 Å². The van der Waals surface area contributed by atoms with Crippen LogP contribution in [0.3, 0.4) is 0 Å². The van der Waals surface area contributed by atoms with Gasteiger partial charge in [-0.3, -0.25) is 0 Å². The van der Waals surface area contributed by atoms with Crippen LogP contribution in [0.25, 0.3) is 0 Å². The van der Waals surface area contributed by atoms with E-state index in [1.807, 2.05) is 13.8 Å². The van der Waals surface area contributed by atoms with Crippen LogP contribution in [0.5, 0.6) is 0 Å². The highest BCUT2D eigenvalue weighted by atomic mass is 79.9. The Balaban J connectivity index is 1.97. The summed E-state index contributed by atoms with van der Waals surface area (Å²) >= 11 is 3.60. The zero-order valence-corrected chi connectivity index (χ0v) is 15.9. The highest BCUT2D eigenvalue weighted by Crippen LogP contribution is 2.59. The summed E-state index contributed by atoms with van der Waals surface area (Å²) in [6.45, 7) is 8.86. The molecule has 0 heterocycles. The average molecular weight is 357 g/mol. The lowest BCUT2D eigenvalue weighted by Crippen LogP contribution is -2.36. The summed E-state index contributed by atoms with van der Waals surface area (Å²) in [4.78, 5) is 2.22. The van der Waals surface area contributed by atoms with Crippen LogP contribution < -0.4 is 0 Å². The first-order chi connectivity index (χ1) is 9.78. The van der Waals surface area contributed by atoms with Crippen LogP contribution in [0.1, 0.15) is 79.1 Å². The molecule has 2 saturated carbocycles. The first kappa shape index (κ1) is 17.5. The third-order valence-electron chi connectivity index (χ3n) is 6.31. The molecule has 0 aromatic rings. The molecule has 0 spiro atoms. The predicted molar refractivity (Wildman–Crippen MR) is 94.5 cm³/mol. The molecule has 2 aliphatic carbocycles. The first-order valence-corrected chi connectivity index (χ1v) is 9.71. The van der Waals surface area contributed by atoms with Gasteiger partial charge in [0.1, 0.15) is 0 Å². The van der Waals surface area contributed by atoms with Gasteiger partial charge < -0.3 is 5.11 Å². The van der Waals surface area contributed by atoms with Crippen LogP contribution in [0.4, 0.5) is 0 Å². The van der Waals surface area contributed by atoms with Crippen molar-refractivity contribution >= 4 is 15.9 Å². The van der Waals surface area contributed by atoms with Crippen molar-refractivity contribution in [3.63, 3.8) is 0 Å². The average Bonchev–Trinajstić information content (AvgIpc) is 2.73. The van der Waals surface area contributed by atoms with Gasteiger partial charge in [0.05, 0.1) is 5.60 Å². The monoisotopic (exact) mass is 356 g/mol. The van der Waals surface area contributed by atoms with E-state index in [0.717, 1.165) is 30.6 Å². The second-order valence-corrected chi connectivity index (χ2v) is 8.92. The zero-order chi connectivity index (χ0) is 15.7. The molecule has 1 N–H and O–H groups in total. The van der Waals surface area contributed by atoms with E-state index in [0.29, 0.717) is 5.41 Å². The van der Waals surface area contributed by atoms with Gasteiger partial charge in [0.2, 0.25) is 0 Å². The molecule has 2 rings (SSSR count). The molecule has 0 saturated heterocycles. The van der Waals surface area contributed by atoms with Crippen molar-refractivity contribution in [2.75, 3.05) is 0 Å². The van der Waals surface area contributed by atoms with Crippen molar-refractivity contribution in [3.05, 3.63) is 10.6 Å². The number of rotatable bonds is 5. The van der Waals surface area contributed by atoms with E-state index < -0.39 is 5.60 Å². The highest BCUT2D eigenvalue weighted by molar-refractivity contribution is 9.11. The second kappa shape index (κ2) is 6.74. The fourth-order valence-corrected chi connectivity index (χ4v) is 5.75. The largest absolute Gasteiger partial charge is 0.390 e. The SMILES string of the molecule is C[C@H](CCCC(C)(C)O)[C@H]1CC[C@H]2/C(=C\Br)CCC[C@]12C. The molecule has 4 atom stereocenters. The van der Waals surface area contributed by atoms with Gasteiger partial charge in [0.25, 0.3) is 0 Å². The number of hydrogen-bond acceptors (Lipinski definition) is 1. The number of fused-ring (bicyclic) bond motifs is 1. The number of hydrogen-bond donors (Lipinski definition) is 1. The Morgan fingerprint density at radius 2 is 2.14 bits per heavy atom. The number of halogens is 1. The van der Waals surface area contributed by atoms with Gasteiger partial charge in [-0.1, -0.05) is 48.2 Å². The van der Waals surface area contributed by atoms with E-state index in [9.17, 15) is 5.11 Å². The zero-order valence-electron chi connectivity index (χ0n) is 14.3. The van der Waals surface area contributed by atoms with Gasteiger partial charge in [-0.25, -0.2) is 0 Å². The van der Waals surface area contributed by atoms with E-state index in [2.05, 4.69) is 34.8 Å². The van der Waals surface area contributed by atoms with Crippen molar-refractivity contribution in [3.8, 4) is 0 Å². The summed E-state index contributed by atoms with van der Waals surface area (Å²) in [7, 11) is 0. The van der Waals surface area contributed by atoms with E-state index in [1.165, 1.54) is 38.5 Å². The minimum absolute atomic E-state index is 0.501. The molecule has 2 aliphatic rings. The van der Waals surface area contributed by atoms with Gasteiger partial charge >= 0.3 is 0 Å². The van der Waals surface area contributed by atoms with Crippen molar-refractivity contribution in [2.24, 2.45) is 23.2 Å². The maximum atomic E-state index is 9.89. The molecule has 0 aromatic carbocycles. The highest BCUT2D eigenvalue weighted by Gasteiger charge is 2.50. The minimum atomic E-state index is -0.501. The lowest BCUT2D eigenvalue weighted by atomic mass is 9.61. The van der Waals surface area contributed by atoms with E-state index in [4.69, 9.17) is 0 Å². The smallest absolute Gasteiger partial charge is 0.0591 e. The molecular formula is C19H33BrO. The lowest BCUT2D eigenvalue weighted by Gasteiger charge is -2.44. The normalized spacial score (nSPS) is 36.8. The fourth-order valence-electron chi connectivity index (χ4n) is 5.20. The number of aliphatic hydroxyl groups is 1. The number of allylic oxidation sites excluding steroid dienone is 1. The quantitative estimate of drug-likeness (QED) is 0.634. The van der Waals surface area contributed by atoms with Crippen molar-refractivity contribution in [1.82, 2.24) is 0 Å². The topological polar surface area (TPSA) is 20.2 Å². The third-order valence-corrected chi connectivity index (χ3v) is 6.90. The fraction of sp³-hybridized carbons (Fsp3) is 0.895. The van der Waals surface area contributed by atoms with Crippen LogP contribution in [0.2, 0.25) is 0 Å². The Bertz CT molecular complexity index is 382. The van der Waals surface area contributed by atoms with E-state index >= 15 is 0 Å². The van der Waals surface area contributed by atoms with E-state index in [1.54, 1.807) is 5.57 Å². The molecule has 0 bridgehead atoms. The molecule has 0 aliphatic heterocycles. The van der Waals surface area contributed by atoms with Crippen LogP contribution in [-0.2, 0) is 0 Å². The molecule has 0 aromatic heterocycles. The van der Waals surface area contributed by atoms with Gasteiger partial charge in [-0.15, -0.1) is 0 Å². The van der Waals surface area contributed by atoms with Gasteiger partial charge in [-0.2, -0.15) is 0 Å². The maximum Gasteiger partial charge on any atom is 0.0591 e. The molecule has 2 fully saturated rings. The molecule has 0 radical (unpaired) electrons. The summed E-state index contributed by atoms with van der Waals surface area (Å²) in [5.74, 6) is 2.47. The predicted octanol–water partition coefficient (Wildman–Crippen LogP) is 6.06. The lowest BCUT2D eigenvalue weighted by molar-refractivity contribution is 0.0597. The molecule has 0 amide bonds. The van der Waals surface area contributed by atoms with Crippen molar-refractivity contribution in [1.29, 1.82) is 0 Å². The Hall–Kier alpha value is 0.180. The Kier molecular flexibility index (Phi) is 5.63. The summed E-state index contributed by atoms with van der Waals surface area (Å²) < 4.78 is 0. The summed E-state index contributed by atoms with van der Waals surface area (Å²) in [5.41, 5.74) is 1.68. The molecule has 122 valence electrons. The van der Waals surface area contributed by atoms with Crippen molar-refractivity contribution in [2.45, 2.75) is 84.7 Å². The van der Waals surface area contributed by atoms with Gasteiger partial charge in [0, 0.05) is 0 Å². The summed E-state index contributed by atoms with van der Waals surface area (Å²) in [5, 5.41) is 9.89. The Morgan fingerprint density at radius 3 is 2.76 bits per heavy atom. The Labute approximate surface area is 139 Å².